The number of carboxylic acids is 1. The molecule has 1 N–H and O–H groups in total. The van der Waals surface area contributed by atoms with Gasteiger partial charge in [-0.05, 0) is 51.0 Å². The van der Waals surface area contributed by atoms with Gasteiger partial charge >= 0.3 is 5.97 Å². The summed E-state index contributed by atoms with van der Waals surface area (Å²) in [7, 11) is 0. The van der Waals surface area contributed by atoms with Gasteiger partial charge in [0.1, 0.15) is 5.78 Å². The van der Waals surface area contributed by atoms with Gasteiger partial charge in [0.25, 0.3) is 5.89 Å². The lowest BCUT2D eigenvalue weighted by Crippen LogP contribution is -2.32. The lowest BCUT2D eigenvalue weighted by Gasteiger charge is -2.23. The highest BCUT2D eigenvalue weighted by Gasteiger charge is 2.35. The molecule has 0 saturated heterocycles. The zero-order chi connectivity index (χ0) is 19.0. The van der Waals surface area contributed by atoms with Crippen LogP contribution in [0.3, 0.4) is 0 Å². The lowest BCUT2D eigenvalue weighted by molar-refractivity contribution is -0.146. The highest BCUT2D eigenvalue weighted by molar-refractivity contribution is 7.12. The Labute approximate surface area is 161 Å². The predicted octanol–water partition coefficient (Wildman–Crippen LogP) is 3.76. The molecule has 2 atom stereocenters. The Morgan fingerprint density at radius 2 is 1.96 bits per heavy atom. The summed E-state index contributed by atoms with van der Waals surface area (Å²) in [5, 5.41) is 13.4. The molecule has 27 heavy (non-hydrogen) atoms. The van der Waals surface area contributed by atoms with Crippen LogP contribution in [-0.2, 0) is 28.9 Å². The third-order valence-electron chi connectivity index (χ3n) is 5.48. The molecule has 0 radical (unpaired) electrons. The Hall–Kier alpha value is -2.28. The van der Waals surface area contributed by atoms with E-state index < -0.39 is 17.8 Å². The zero-order valence-electron chi connectivity index (χ0n) is 15.2. The Morgan fingerprint density at radius 1 is 1.22 bits per heavy atom. The van der Waals surface area contributed by atoms with E-state index >= 15 is 0 Å². The van der Waals surface area contributed by atoms with E-state index in [1.54, 1.807) is 18.3 Å². The second-order valence-electron chi connectivity index (χ2n) is 7.29. The number of carboxylic acid groups (broad SMARTS) is 1. The number of aryl methyl sites for hydroxylation is 2. The summed E-state index contributed by atoms with van der Waals surface area (Å²) in [4.78, 5) is 31.2. The second-order valence-corrected chi connectivity index (χ2v) is 8.48. The third-order valence-corrected chi connectivity index (χ3v) is 6.78. The molecule has 2 aromatic heterocycles. The molecule has 2 heterocycles. The van der Waals surface area contributed by atoms with Gasteiger partial charge in [-0.25, -0.2) is 0 Å². The minimum Gasteiger partial charge on any atom is -0.481 e. The molecule has 2 aromatic rings. The summed E-state index contributed by atoms with van der Waals surface area (Å²) >= 11 is 1.65. The maximum Gasteiger partial charge on any atom is 0.307 e. The Balaban J connectivity index is 1.67. The number of fused-ring (bicyclic) bond motifs is 1. The topological polar surface area (TPSA) is 93.3 Å². The highest BCUT2D eigenvalue weighted by atomic mass is 32.1. The molecule has 2 aliphatic rings. The minimum atomic E-state index is -0.893. The van der Waals surface area contributed by atoms with E-state index in [9.17, 15) is 14.7 Å². The monoisotopic (exact) mass is 386 g/mol. The first-order valence-electron chi connectivity index (χ1n) is 9.39. The number of hydrogen-bond donors (Lipinski definition) is 1. The fraction of sp³-hybridized carbons (Fsp3) is 0.500. The molecule has 0 amide bonds. The van der Waals surface area contributed by atoms with Crippen LogP contribution in [0.1, 0.15) is 46.8 Å². The van der Waals surface area contributed by atoms with Crippen LogP contribution in [0.4, 0.5) is 0 Å². The molecule has 2 aliphatic carbocycles. The number of carbonyl (C=O) groups is 2. The van der Waals surface area contributed by atoms with Crippen LogP contribution >= 0.6 is 11.3 Å². The molecule has 0 fully saturated rings. The van der Waals surface area contributed by atoms with E-state index in [-0.39, 0.29) is 12.2 Å². The second kappa shape index (κ2) is 7.38. The normalized spacial score (nSPS) is 21.8. The minimum absolute atomic E-state index is 0.0113. The van der Waals surface area contributed by atoms with Crippen molar-refractivity contribution in [2.24, 2.45) is 11.8 Å². The molecule has 0 aliphatic heterocycles. The summed E-state index contributed by atoms with van der Waals surface area (Å²) in [6.45, 7) is 1.78. The molecular formula is C20H22N2O4S. The van der Waals surface area contributed by atoms with Gasteiger partial charge < -0.3 is 9.63 Å². The van der Waals surface area contributed by atoms with Crippen molar-refractivity contribution in [3.63, 3.8) is 0 Å². The number of hydrogen-bond acceptors (Lipinski definition) is 6. The summed E-state index contributed by atoms with van der Waals surface area (Å²) in [6.07, 6.45) is 9.17. The Morgan fingerprint density at radius 3 is 2.67 bits per heavy atom. The predicted molar refractivity (Wildman–Crippen MR) is 101 cm³/mol. The van der Waals surface area contributed by atoms with Gasteiger partial charge in [-0.2, -0.15) is 4.98 Å². The number of ketones is 1. The van der Waals surface area contributed by atoms with Crippen LogP contribution in [0.25, 0.3) is 11.5 Å². The SMILES string of the molecule is Cc1noc(-c2c(CC(=O)[C@H]3CC=CC[C@H]3C(=O)O)sc3c2CCCC3)n1. The molecule has 0 saturated carbocycles. The van der Waals surface area contributed by atoms with Gasteiger partial charge in [-0.15, -0.1) is 11.3 Å². The van der Waals surface area contributed by atoms with Crippen LogP contribution in [0, 0.1) is 18.8 Å². The summed E-state index contributed by atoms with van der Waals surface area (Å²) in [6, 6.07) is 0. The fourth-order valence-electron chi connectivity index (χ4n) is 4.13. The van der Waals surface area contributed by atoms with E-state index in [4.69, 9.17) is 4.52 Å². The van der Waals surface area contributed by atoms with Gasteiger partial charge in [0.05, 0.1) is 11.5 Å². The number of aromatic nitrogens is 2. The Bertz CT molecular complexity index is 911. The number of thiophene rings is 1. The van der Waals surface area contributed by atoms with Gasteiger partial charge in [-0.3, -0.25) is 9.59 Å². The summed E-state index contributed by atoms with van der Waals surface area (Å²) in [5.41, 5.74) is 2.15. The number of aliphatic carboxylic acids is 1. The molecule has 0 aromatic carbocycles. The van der Waals surface area contributed by atoms with Gasteiger partial charge in [0.2, 0.25) is 0 Å². The van der Waals surface area contributed by atoms with Crippen molar-refractivity contribution in [2.75, 3.05) is 0 Å². The van der Waals surface area contributed by atoms with Gasteiger partial charge in [0, 0.05) is 22.1 Å². The Kier molecular flexibility index (Phi) is 4.95. The van der Waals surface area contributed by atoms with E-state index in [2.05, 4.69) is 10.1 Å². The highest BCUT2D eigenvalue weighted by Crippen LogP contribution is 2.41. The first kappa shape index (κ1) is 18.1. The van der Waals surface area contributed by atoms with E-state index in [0.29, 0.717) is 24.6 Å². The molecule has 0 spiro atoms. The van der Waals surface area contributed by atoms with Crippen molar-refractivity contribution < 1.29 is 19.2 Å². The van der Waals surface area contributed by atoms with Crippen molar-refractivity contribution >= 4 is 23.1 Å². The molecule has 4 rings (SSSR count). The number of carbonyl (C=O) groups excluding carboxylic acids is 1. The average molecular weight is 386 g/mol. The van der Waals surface area contributed by atoms with Crippen LogP contribution < -0.4 is 0 Å². The number of nitrogens with zero attached hydrogens (tertiary/aromatic N) is 2. The third kappa shape index (κ3) is 3.48. The summed E-state index contributed by atoms with van der Waals surface area (Å²) in [5.74, 6) is -0.955. The van der Waals surface area contributed by atoms with E-state index in [1.807, 2.05) is 12.2 Å². The van der Waals surface area contributed by atoms with E-state index in [0.717, 1.165) is 36.1 Å². The first-order chi connectivity index (χ1) is 13.0. The first-order valence-corrected chi connectivity index (χ1v) is 10.2. The number of rotatable bonds is 5. The van der Waals surface area contributed by atoms with Gasteiger partial charge in [-0.1, -0.05) is 17.3 Å². The van der Waals surface area contributed by atoms with Crippen LogP contribution in [0.2, 0.25) is 0 Å². The average Bonchev–Trinajstić information content (AvgIpc) is 3.24. The van der Waals surface area contributed by atoms with Crippen LogP contribution in [0.5, 0.6) is 0 Å². The lowest BCUT2D eigenvalue weighted by atomic mass is 9.79. The van der Waals surface area contributed by atoms with Crippen molar-refractivity contribution in [1.82, 2.24) is 10.1 Å². The number of Topliss-reactive ketones (excluding diaryl/α,β-unsaturated/α-hetero) is 1. The number of allylic oxidation sites excluding steroid dienone is 2. The largest absolute Gasteiger partial charge is 0.481 e. The van der Waals surface area contributed by atoms with Gasteiger partial charge in [0.15, 0.2) is 5.82 Å². The fourth-order valence-corrected chi connectivity index (χ4v) is 5.52. The van der Waals surface area contributed by atoms with Crippen molar-refractivity contribution in [1.29, 1.82) is 0 Å². The zero-order valence-corrected chi connectivity index (χ0v) is 16.1. The summed E-state index contributed by atoms with van der Waals surface area (Å²) < 4.78 is 5.43. The molecule has 0 unspecified atom stereocenters. The molecule has 7 heteroatoms. The molecule has 142 valence electrons. The standard InChI is InChI=1S/C20H22N2O4S/c1-11-21-19(26-22-11)18-14-8-4-5-9-16(14)27-17(18)10-15(23)12-6-2-3-7-13(12)20(24)25/h2-3,12-13H,4-10H2,1H3,(H,24,25)/t12-,13+/m0/s1. The van der Waals surface area contributed by atoms with E-state index in [1.165, 1.54) is 10.4 Å². The molecule has 0 bridgehead atoms. The van der Waals surface area contributed by atoms with Crippen molar-refractivity contribution in [2.45, 2.75) is 51.9 Å². The quantitative estimate of drug-likeness (QED) is 0.787. The van der Waals surface area contributed by atoms with Crippen LogP contribution in [-0.4, -0.2) is 27.0 Å². The van der Waals surface area contributed by atoms with Crippen molar-refractivity contribution in [3.05, 3.63) is 33.3 Å². The maximum atomic E-state index is 13.0. The van der Waals surface area contributed by atoms with Crippen molar-refractivity contribution in [3.8, 4) is 11.5 Å². The maximum absolute atomic E-state index is 13.0. The smallest absolute Gasteiger partial charge is 0.307 e. The van der Waals surface area contributed by atoms with Crippen LogP contribution in [0.15, 0.2) is 16.7 Å². The molecular weight excluding hydrogens is 364 g/mol. The molecule has 6 nitrogen and oxygen atoms in total.